The van der Waals surface area contributed by atoms with Crippen LogP contribution in [-0.4, -0.2) is 63.3 Å². The molecule has 0 radical (unpaired) electrons. The van der Waals surface area contributed by atoms with Gasteiger partial charge in [-0.1, -0.05) is 19.9 Å². The summed E-state index contributed by atoms with van der Waals surface area (Å²) in [6.07, 6.45) is 1.12. The number of guanidine groups is 1. The van der Waals surface area contributed by atoms with Gasteiger partial charge in [0.2, 0.25) is 0 Å². The van der Waals surface area contributed by atoms with Crippen molar-refractivity contribution in [1.29, 1.82) is 0 Å². The molecule has 0 aliphatic carbocycles. The molecule has 0 spiro atoms. The molecule has 0 saturated carbocycles. The van der Waals surface area contributed by atoms with E-state index in [4.69, 9.17) is 9.73 Å². The van der Waals surface area contributed by atoms with Gasteiger partial charge in [0.1, 0.15) is 0 Å². The van der Waals surface area contributed by atoms with Gasteiger partial charge in [-0.3, -0.25) is 9.89 Å². The fourth-order valence-electron chi connectivity index (χ4n) is 2.69. The number of ether oxygens (including phenoxy) is 1. The summed E-state index contributed by atoms with van der Waals surface area (Å²) >= 11 is 1.81. The van der Waals surface area contributed by atoms with E-state index < -0.39 is 0 Å². The molecule has 1 aromatic rings. The average molecular weight is 353 g/mol. The van der Waals surface area contributed by atoms with Gasteiger partial charge in [0.05, 0.1) is 19.8 Å². The fraction of sp³-hybridized carbons (Fsp3) is 0.722. The van der Waals surface area contributed by atoms with Gasteiger partial charge < -0.3 is 15.4 Å². The van der Waals surface area contributed by atoms with Crippen LogP contribution in [0, 0.1) is 0 Å². The largest absolute Gasteiger partial charge is 0.379 e. The summed E-state index contributed by atoms with van der Waals surface area (Å²) < 4.78 is 5.39. The van der Waals surface area contributed by atoms with Crippen LogP contribution < -0.4 is 10.6 Å². The summed E-state index contributed by atoms with van der Waals surface area (Å²) in [5.74, 6) is 0.920. The van der Waals surface area contributed by atoms with Gasteiger partial charge in [-0.2, -0.15) is 0 Å². The number of rotatable bonds is 8. The lowest BCUT2D eigenvalue weighted by atomic mass is 9.92. The normalized spacial score (nSPS) is 17.0. The third-order valence-electron chi connectivity index (χ3n) is 4.21. The summed E-state index contributed by atoms with van der Waals surface area (Å²) in [5, 5.41) is 8.94. The minimum Gasteiger partial charge on any atom is -0.379 e. The van der Waals surface area contributed by atoms with Crippen molar-refractivity contribution in [2.45, 2.75) is 32.6 Å². The van der Waals surface area contributed by atoms with Crippen LogP contribution in [-0.2, 0) is 10.2 Å². The van der Waals surface area contributed by atoms with Crippen LogP contribution >= 0.6 is 11.3 Å². The zero-order valence-corrected chi connectivity index (χ0v) is 16.1. The van der Waals surface area contributed by atoms with Gasteiger partial charge in [0.25, 0.3) is 0 Å². The Morgan fingerprint density at radius 1 is 1.33 bits per heavy atom. The van der Waals surface area contributed by atoms with E-state index in [9.17, 15) is 0 Å². The Kier molecular flexibility index (Phi) is 8.02. The molecule has 136 valence electrons. The first kappa shape index (κ1) is 19.2. The second kappa shape index (κ2) is 10.0. The smallest absolute Gasteiger partial charge is 0.191 e. The van der Waals surface area contributed by atoms with E-state index in [-0.39, 0.29) is 5.41 Å². The molecule has 0 atom stereocenters. The summed E-state index contributed by atoms with van der Waals surface area (Å²) in [6.45, 7) is 14.2. The number of aliphatic imine (C=N–C) groups is 1. The minimum atomic E-state index is 0.0737. The van der Waals surface area contributed by atoms with Crippen LogP contribution in [0.3, 0.4) is 0 Å². The van der Waals surface area contributed by atoms with Crippen molar-refractivity contribution < 1.29 is 4.74 Å². The zero-order chi connectivity index (χ0) is 17.3. The Labute approximate surface area is 150 Å². The molecule has 2 N–H and O–H groups in total. The number of hydrogen-bond acceptors (Lipinski definition) is 4. The van der Waals surface area contributed by atoms with Gasteiger partial charge in [-0.25, -0.2) is 0 Å². The molecule has 0 amide bonds. The topological polar surface area (TPSA) is 48.9 Å². The Balaban J connectivity index is 1.75. The highest BCUT2D eigenvalue weighted by atomic mass is 32.1. The van der Waals surface area contributed by atoms with Crippen molar-refractivity contribution in [2.24, 2.45) is 4.99 Å². The van der Waals surface area contributed by atoms with Crippen molar-refractivity contribution in [1.82, 2.24) is 15.5 Å². The van der Waals surface area contributed by atoms with Crippen LogP contribution in [0.5, 0.6) is 0 Å². The molecule has 6 heteroatoms. The lowest BCUT2D eigenvalue weighted by molar-refractivity contribution is 0.0376. The number of nitrogens with zero attached hydrogens (tertiary/aromatic N) is 2. The van der Waals surface area contributed by atoms with E-state index in [1.54, 1.807) is 11.3 Å². The van der Waals surface area contributed by atoms with Gasteiger partial charge >= 0.3 is 0 Å². The molecule has 1 aliphatic rings. The molecule has 1 fully saturated rings. The van der Waals surface area contributed by atoms with Crippen LogP contribution in [0.4, 0.5) is 0 Å². The molecule has 1 aliphatic heterocycles. The number of morpholine rings is 1. The molecule has 0 bridgehead atoms. The maximum Gasteiger partial charge on any atom is 0.191 e. The van der Waals surface area contributed by atoms with Crippen molar-refractivity contribution >= 4 is 17.3 Å². The third kappa shape index (κ3) is 6.42. The number of thiophene rings is 1. The van der Waals surface area contributed by atoms with Crippen LogP contribution in [0.15, 0.2) is 22.5 Å². The first-order valence-electron chi connectivity index (χ1n) is 8.98. The molecule has 5 nitrogen and oxygen atoms in total. The van der Waals surface area contributed by atoms with Crippen LogP contribution in [0.1, 0.15) is 32.1 Å². The van der Waals surface area contributed by atoms with Crippen molar-refractivity contribution in [3.8, 4) is 0 Å². The maximum absolute atomic E-state index is 5.39. The Bertz CT molecular complexity index is 481. The van der Waals surface area contributed by atoms with Crippen molar-refractivity contribution in [3.05, 3.63) is 22.4 Å². The van der Waals surface area contributed by atoms with Gasteiger partial charge in [-0.15, -0.1) is 11.3 Å². The lowest BCUT2D eigenvalue weighted by Crippen LogP contribution is -2.41. The van der Waals surface area contributed by atoms with E-state index in [2.05, 4.69) is 53.8 Å². The SMILES string of the molecule is CCNC(=NCC(C)(C)c1cccs1)NCCCN1CCOCC1. The first-order chi connectivity index (χ1) is 11.6. The molecule has 0 unspecified atom stereocenters. The number of nitrogens with one attached hydrogen (secondary N) is 2. The van der Waals surface area contributed by atoms with Crippen LogP contribution in [0.25, 0.3) is 0 Å². The predicted molar refractivity (Wildman–Crippen MR) is 103 cm³/mol. The minimum absolute atomic E-state index is 0.0737. The van der Waals surface area contributed by atoms with E-state index in [1.807, 2.05) is 0 Å². The van der Waals surface area contributed by atoms with E-state index in [1.165, 1.54) is 4.88 Å². The zero-order valence-electron chi connectivity index (χ0n) is 15.3. The van der Waals surface area contributed by atoms with Crippen molar-refractivity contribution in [3.63, 3.8) is 0 Å². The van der Waals surface area contributed by atoms with Gasteiger partial charge in [0, 0.05) is 36.5 Å². The molecule has 1 aromatic heterocycles. The summed E-state index contributed by atoms with van der Waals surface area (Å²) in [6, 6.07) is 4.31. The highest BCUT2D eigenvalue weighted by molar-refractivity contribution is 7.10. The summed E-state index contributed by atoms with van der Waals surface area (Å²) in [4.78, 5) is 8.64. The molecule has 24 heavy (non-hydrogen) atoms. The fourth-order valence-corrected chi connectivity index (χ4v) is 3.54. The standard InChI is InChI=1S/C18H32N4OS/c1-4-19-17(20-8-6-9-22-10-12-23-13-11-22)21-15-18(2,3)16-7-5-14-24-16/h5,7,14H,4,6,8-13,15H2,1-3H3,(H2,19,20,21). The van der Waals surface area contributed by atoms with E-state index in [0.29, 0.717) is 0 Å². The maximum atomic E-state index is 5.39. The Morgan fingerprint density at radius 3 is 2.79 bits per heavy atom. The van der Waals surface area contributed by atoms with Gasteiger partial charge in [-0.05, 0) is 31.3 Å². The highest BCUT2D eigenvalue weighted by Gasteiger charge is 2.21. The van der Waals surface area contributed by atoms with Crippen molar-refractivity contribution in [2.75, 3.05) is 52.5 Å². The third-order valence-corrected chi connectivity index (χ3v) is 5.45. The van der Waals surface area contributed by atoms with Crippen LogP contribution in [0.2, 0.25) is 0 Å². The van der Waals surface area contributed by atoms with E-state index >= 15 is 0 Å². The number of hydrogen-bond donors (Lipinski definition) is 2. The molecule has 2 heterocycles. The Morgan fingerprint density at radius 2 is 2.12 bits per heavy atom. The monoisotopic (exact) mass is 352 g/mol. The average Bonchev–Trinajstić information content (AvgIpc) is 3.13. The lowest BCUT2D eigenvalue weighted by Gasteiger charge is -2.26. The molecular weight excluding hydrogens is 320 g/mol. The molecule has 2 rings (SSSR count). The summed E-state index contributed by atoms with van der Waals surface area (Å²) in [5.41, 5.74) is 0.0737. The quantitative estimate of drug-likeness (QED) is 0.428. The highest BCUT2D eigenvalue weighted by Crippen LogP contribution is 2.27. The summed E-state index contributed by atoms with van der Waals surface area (Å²) in [7, 11) is 0. The second-order valence-electron chi connectivity index (χ2n) is 6.79. The predicted octanol–water partition coefficient (Wildman–Crippen LogP) is 2.30. The molecular formula is C18H32N4OS. The molecule has 1 saturated heterocycles. The first-order valence-corrected chi connectivity index (χ1v) is 9.86. The van der Waals surface area contributed by atoms with E-state index in [0.717, 1.165) is 64.9 Å². The Hall–Kier alpha value is -1.11. The second-order valence-corrected chi connectivity index (χ2v) is 7.74. The molecule has 0 aromatic carbocycles. The van der Waals surface area contributed by atoms with Gasteiger partial charge in [0.15, 0.2) is 5.96 Å².